The van der Waals surface area contributed by atoms with Gasteiger partial charge in [-0.15, -0.1) is 0 Å². The largest absolute Gasteiger partial charge is 0.335 e. The summed E-state index contributed by atoms with van der Waals surface area (Å²) in [4.78, 5) is 16.0. The van der Waals surface area contributed by atoms with Gasteiger partial charge in [0.25, 0.3) is 0 Å². The Morgan fingerprint density at radius 2 is 2.33 bits per heavy atom. The van der Waals surface area contributed by atoms with Crippen LogP contribution in [0, 0.1) is 0 Å². The van der Waals surface area contributed by atoms with E-state index < -0.39 is 6.04 Å². The molecule has 0 aliphatic heterocycles. The Morgan fingerprint density at radius 1 is 1.60 bits per heavy atom. The molecule has 78 valence electrons. The van der Waals surface area contributed by atoms with Gasteiger partial charge in [-0.2, -0.15) is 0 Å². The van der Waals surface area contributed by atoms with E-state index in [9.17, 15) is 4.79 Å². The zero-order chi connectivity index (χ0) is 11.0. The van der Waals surface area contributed by atoms with E-state index in [1.165, 1.54) is 0 Å². The van der Waals surface area contributed by atoms with E-state index in [-0.39, 0.29) is 5.78 Å². The number of ketones is 1. The van der Waals surface area contributed by atoms with Crippen LogP contribution >= 0.6 is 0 Å². The molecule has 0 saturated carbocycles. The lowest BCUT2D eigenvalue weighted by Crippen LogP contribution is -2.26. The molecule has 4 nitrogen and oxygen atoms in total. The third kappa shape index (κ3) is 1.53. The molecule has 2 aromatic rings. The molecule has 1 atom stereocenters. The number of aryl methyl sites for hydroxylation is 1. The first-order valence-electron chi connectivity index (χ1n) is 4.81. The van der Waals surface area contributed by atoms with Crippen molar-refractivity contribution in [2.75, 3.05) is 0 Å². The predicted octanol–water partition coefficient (Wildman–Crippen LogP) is 1.10. The van der Waals surface area contributed by atoms with Crippen LogP contribution in [-0.2, 0) is 7.05 Å². The Balaban J connectivity index is 2.67. The van der Waals surface area contributed by atoms with Crippen LogP contribution in [0.2, 0.25) is 0 Å². The Hall–Kier alpha value is -1.68. The van der Waals surface area contributed by atoms with Crippen molar-refractivity contribution in [3.63, 3.8) is 0 Å². The van der Waals surface area contributed by atoms with Gasteiger partial charge >= 0.3 is 0 Å². The van der Waals surface area contributed by atoms with Crippen molar-refractivity contribution < 1.29 is 4.79 Å². The molecule has 1 unspecified atom stereocenters. The third-order valence-electron chi connectivity index (χ3n) is 2.41. The molecular weight excluding hydrogens is 190 g/mol. The van der Waals surface area contributed by atoms with Gasteiger partial charge in [0, 0.05) is 30.4 Å². The number of rotatable bonds is 2. The van der Waals surface area contributed by atoms with Crippen molar-refractivity contribution >= 4 is 16.8 Å². The molecule has 0 aromatic carbocycles. The summed E-state index contributed by atoms with van der Waals surface area (Å²) >= 11 is 0. The van der Waals surface area contributed by atoms with Gasteiger partial charge in [-0.05, 0) is 19.1 Å². The maximum atomic E-state index is 11.8. The maximum absolute atomic E-state index is 11.8. The monoisotopic (exact) mass is 203 g/mol. The van der Waals surface area contributed by atoms with E-state index in [4.69, 9.17) is 5.73 Å². The molecule has 0 radical (unpaired) electrons. The highest BCUT2D eigenvalue weighted by molar-refractivity contribution is 6.09. The summed E-state index contributed by atoms with van der Waals surface area (Å²) in [7, 11) is 1.87. The molecule has 0 saturated heterocycles. The fourth-order valence-corrected chi connectivity index (χ4v) is 1.65. The lowest BCUT2D eigenvalue weighted by atomic mass is 10.1. The number of hydrogen-bond donors (Lipinski definition) is 1. The van der Waals surface area contributed by atoms with E-state index in [0.717, 1.165) is 11.0 Å². The van der Waals surface area contributed by atoms with E-state index in [1.807, 2.05) is 23.7 Å². The minimum absolute atomic E-state index is 0.0476. The molecule has 0 aliphatic rings. The minimum atomic E-state index is -0.476. The summed E-state index contributed by atoms with van der Waals surface area (Å²) in [5.41, 5.74) is 7.04. The van der Waals surface area contributed by atoms with Gasteiger partial charge in [-0.3, -0.25) is 4.79 Å². The van der Waals surface area contributed by atoms with Gasteiger partial charge in [0.1, 0.15) is 5.65 Å². The summed E-state index contributed by atoms with van der Waals surface area (Å²) in [6.07, 6.45) is 3.49. The second kappa shape index (κ2) is 3.47. The molecule has 0 amide bonds. The number of carbonyl (C=O) groups excluding carboxylic acids is 1. The van der Waals surface area contributed by atoms with Crippen molar-refractivity contribution in [2.24, 2.45) is 12.8 Å². The molecule has 0 spiro atoms. The van der Waals surface area contributed by atoms with Crippen LogP contribution < -0.4 is 5.73 Å². The molecule has 15 heavy (non-hydrogen) atoms. The zero-order valence-corrected chi connectivity index (χ0v) is 8.77. The minimum Gasteiger partial charge on any atom is -0.335 e. The van der Waals surface area contributed by atoms with Gasteiger partial charge in [0.05, 0.1) is 6.04 Å². The number of nitrogens with zero attached hydrogens (tertiary/aromatic N) is 2. The van der Waals surface area contributed by atoms with Crippen molar-refractivity contribution in [2.45, 2.75) is 13.0 Å². The molecule has 0 aliphatic carbocycles. The van der Waals surface area contributed by atoms with Crippen LogP contribution in [0.1, 0.15) is 17.3 Å². The fraction of sp³-hybridized carbons (Fsp3) is 0.273. The number of pyridine rings is 1. The van der Waals surface area contributed by atoms with Gasteiger partial charge in [-0.1, -0.05) is 0 Å². The summed E-state index contributed by atoms with van der Waals surface area (Å²) < 4.78 is 1.84. The molecule has 2 aromatic heterocycles. The lowest BCUT2D eigenvalue weighted by Gasteiger charge is -2.01. The molecular formula is C11H13N3O. The zero-order valence-electron chi connectivity index (χ0n) is 8.77. The Labute approximate surface area is 87.7 Å². The second-order valence-electron chi connectivity index (χ2n) is 3.68. The highest BCUT2D eigenvalue weighted by Crippen LogP contribution is 2.19. The fourth-order valence-electron chi connectivity index (χ4n) is 1.65. The molecule has 2 heterocycles. The summed E-state index contributed by atoms with van der Waals surface area (Å²) in [5.74, 6) is -0.0476. The van der Waals surface area contributed by atoms with Gasteiger partial charge in [-0.25, -0.2) is 4.98 Å². The van der Waals surface area contributed by atoms with E-state index in [0.29, 0.717) is 5.56 Å². The SMILES string of the molecule is CC(N)C(=O)c1cn(C)c2ncccc12. The van der Waals surface area contributed by atoms with Crippen molar-refractivity contribution in [1.82, 2.24) is 9.55 Å². The normalized spacial score (nSPS) is 13.0. The standard InChI is InChI=1S/C11H13N3O/c1-7(12)10(15)9-6-14(2)11-8(9)4-3-5-13-11/h3-7H,12H2,1-2H3. The summed E-state index contributed by atoms with van der Waals surface area (Å²) in [6.45, 7) is 1.69. The highest BCUT2D eigenvalue weighted by atomic mass is 16.1. The number of hydrogen-bond acceptors (Lipinski definition) is 3. The molecule has 2 rings (SSSR count). The third-order valence-corrected chi connectivity index (χ3v) is 2.41. The van der Waals surface area contributed by atoms with E-state index >= 15 is 0 Å². The molecule has 0 bridgehead atoms. The Bertz CT molecular complexity index is 514. The molecule has 4 heteroatoms. The first-order chi connectivity index (χ1) is 7.11. The molecule has 0 fully saturated rings. The Morgan fingerprint density at radius 3 is 3.00 bits per heavy atom. The van der Waals surface area contributed by atoms with Crippen LogP contribution in [0.5, 0.6) is 0 Å². The predicted molar refractivity (Wildman–Crippen MR) is 58.7 cm³/mol. The average Bonchev–Trinajstić information content (AvgIpc) is 2.56. The average molecular weight is 203 g/mol. The second-order valence-corrected chi connectivity index (χ2v) is 3.68. The van der Waals surface area contributed by atoms with E-state index in [2.05, 4.69) is 4.98 Å². The number of nitrogens with two attached hydrogens (primary N) is 1. The van der Waals surface area contributed by atoms with Gasteiger partial charge in [0.15, 0.2) is 5.78 Å². The topological polar surface area (TPSA) is 60.9 Å². The van der Waals surface area contributed by atoms with Crippen LogP contribution in [0.4, 0.5) is 0 Å². The Kier molecular flexibility index (Phi) is 2.28. The summed E-state index contributed by atoms with van der Waals surface area (Å²) in [6, 6.07) is 3.23. The van der Waals surface area contributed by atoms with Crippen LogP contribution in [-0.4, -0.2) is 21.4 Å². The van der Waals surface area contributed by atoms with Crippen LogP contribution in [0.15, 0.2) is 24.5 Å². The van der Waals surface area contributed by atoms with Gasteiger partial charge in [0.2, 0.25) is 0 Å². The summed E-state index contributed by atoms with van der Waals surface area (Å²) in [5, 5.41) is 0.863. The smallest absolute Gasteiger partial charge is 0.181 e. The first kappa shape index (κ1) is 9.86. The first-order valence-corrected chi connectivity index (χ1v) is 4.81. The number of Topliss-reactive ketones (excluding diaryl/α,β-unsaturated/α-hetero) is 1. The number of carbonyl (C=O) groups is 1. The number of fused-ring (bicyclic) bond motifs is 1. The van der Waals surface area contributed by atoms with E-state index in [1.54, 1.807) is 19.3 Å². The van der Waals surface area contributed by atoms with Crippen molar-refractivity contribution in [3.8, 4) is 0 Å². The maximum Gasteiger partial charge on any atom is 0.181 e. The van der Waals surface area contributed by atoms with Crippen molar-refractivity contribution in [3.05, 3.63) is 30.1 Å². The quantitative estimate of drug-likeness (QED) is 0.743. The molecule has 2 N–H and O–H groups in total. The highest BCUT2D eigenvalue weighted by Gasteiger charge is 2.16. The van der Waals surface area contributed by atoms with Gasteiger partial charge < -0.3 is 10.3 Å². The van der Waals surface area contributed by atoms with Crippen LogP contribution in [0.25, 0.3) is 11.0 Å². The van der Waals surface area contributed by atoms with Crippen LogP contribution in [0.3, 0.4) is 0 Å². The lowest BCUT2D eigenvalue weighted by molar-refractivity contribution is 0.0969. The number of aromatic nitrogens is 2. The van der Waals surface area contributed by atoms with Crippen molar-refractivity contribution in [1.29, 1.82) is 0 Å².